The maximum Gasteiger partial charge on any atom is 0.337 e. The number of hydrogen-bond donors (Lipinski definition) is 2. The van der Waals surface area contributed by atoms with Crippen LogP contribution >= 0.6 is 0 Å². The molecule has 1 aliphatic rings. The lowest BCUT2D eigenvalue weighted by Crippen LogP contribution is -2.04. The van der Waals surface area contributed by atoms with Crippen molar-refractivity contribution in [1.29, 1.82) is 0 Å². The van der Waals surface area contributed by atoms with Crippen LogP contribution in [0, 0.1) is 0 Å². The first kappa shape index (κ1) is 12.4. The maximum atomic E-state index is 11.1. The molecule has 0 amide bonds. The zero-order valence-corrected chi connectivity index (χ0v) is 10.8. The summed E-state index contributed by atoms with van der Waals surface area (Å²) in [5, 5.41) is 13.5. The zero-order valence-electron chi connectivity index (χ0n) is 10.8. The van der Waals surface area contributed by atoms with Gasteiger partial charge >= 0.3 is 5.97 Å². The number of hydrogen-bond acceptors (Lipinski definition) is 3. The monoisotopic (exact) mass is 266 g/mol. The lowest BCUT2D eigenvalue weighted by Gasteiger charge is -2.06. The smallest absolute Gasteiger partial charge is 0.337 e. The summed E-state index contributed by atoms with van der Waals surface area (Å²) < 4.78 is 0. The van der Waals surface area contributed by atoms with Gasteiger partial charge in [0.05, 0.1) is 17.0 Å². The number of aromatic carboxylic acids is 1. The number of aryl methyl sites for hydroxylation is 1. The first-order valence-electron chi connectivity index (χ1n) is 6.49. The van der Waals surface area contributed by atoms with Crippen LogP contribution < -0.4 is 5.43 Å². The Morgan fingerprint density at radius 3 is 2.65 bits per heavy atom. The maximum absolute atomic E-state index is 11.1. The Balaban J connectivity index is 1.88. The second kappa shape index (κ2) is 5.17. The quantitative estimate of drug-likeness (QED) is 0.839. The highest BCUT2D eigenvalue weighted by Crippen LogP contribution is 2.23. The second-order valence-corrected chi connectivity index (χ2v) is 4.68. The molecule has 2 aromatic rings. The number of anilines is 1. The van der Waals surface area contributed by atoms with Gasteiger partial charge in [0.15, 0.2) is 0 Å². The Kier molecular flexibility index (Phi) is 3.21. The highest BCUT2D eigenvalue weighted by Gasteiger charge is 2.17. The van der Waals surface area contributed by atoms with E-state index in [1.54, 1.807) is 24.3 Å². The van der Waals surface area contributed by atoms with E-state index in [-0.39, 0.29) is 5.56 Å². The highest BCUT2D eigenvalue weighted by atomic mass is 16.4. The largest absolute Gasteiger partial charge is 0.478 e. The Morgan fingerprint density at radius 2 is 1.80 bits per heavy atom. The van der Waals surface area contributed by atoms with Gasteiger partial charge in [-0.3, -0.25) is 5.43 Å². The van der Waals surface area contributed by atoms with Gasteiger partial charge < -0.3 is 5.11 Å². The third-order valence-electron chi connectivity index (χ3n) is 3.43. The molecule has 4 nitrogen and oxygen atoms in total. The van der Waals surface area contributed by atoms with Gasteiger partial charge in [0, 0.05) is 5.56 Å². The molecule has 0 aromatic heterocycles. The van der Waals surface area contributed by atoms with Crippen molar-refractivity contribution in [2.75, 3.05) is 5.43 Å². The van der Waals surface area contributed by atoms with Gasteiger partial charge in [-0.25, -0.2) is 4.79 Å². The first-order valence-corrected chi connectivity index (χ1v) is 6.49. The normalized spacial score (nSPS) is 15.1. The average molecular weight is 266 g/mol. The molecular weight excluding hydrogens is 252 g/mol. The van der Waals surface area contributed by atoms with Crippen molar-refractivity contribution in [3.63, 3.8) is 0 Å². The summed E-state index contributed by atoms with van der Waals surface area (Å²) in [6.45, 7) is 0. The van der Waals surface area contributed by atoms with Crippen molar-refractivity contribution in [2.45, 2.75) is 12.8 Å². The van der Waals surface area contributed by atoms with Crippen LogP contribution in [0.2, 0.25) is 0 Å². The van der Waals surface area contributed by atoms with E-state index in [9.17, 15) is 4.79 Å². The van der Waals surface area contributed by atoms with Gasteiger partial charge in [-0.15, -0.1) is 0 Å². The minimum atomic E-state index is -0.958. The van der Waals surface area contributed by atoms with Crippen molar-refractivity contribution in [3.8, 4) is 0 Å². The molecule has 100 valence electrons. The van der Waals surface area contributed by atoms with E-state index in [0.29, 0.717) is 5.69 Å². The molecule has 0 saturated carbocycles. The van der Waals surface area contributed by atoms with Crippen LogP contribution in [0.4, 0.5) is 5.69 Å². The molecule has 0 bridgehead atoms. The summed E-state index contributed by atoms with van der Waals surface area (Å²) in [7, 11) is 0. The fourth-order valence-electron chi connectivity index (χ4n) is 2.42. The number of carbonyl (C=O) groups is 1. The topological polar surface area (TPSA) is 61.7 Å². The van der Waals surface area contributed by atoms with Crippen LogP contribution in [0.5, 0.6) is 0 Å². The number of carboxylic acids is 1. The van der Waals surface area contributed by atoms with E-state index in [1.165, 1.54) is 5.56 Å². The summed E-state index contributed by atoms with van der Waals surface area (Å²) in [5.74, 6) is -0.958. The van der Waals surface area contributed by atoms with Gasteiger partial charge in [-0.05, 0) is 30.5 Å². The fourth-order valence-corrected chi connectivity index (χ4v) is 2.42. The minimum Gasteiger partial charge on any atom is -0.478 e. The SMILES string of the molecule is O=C(O)c1ccccc1N/N=C1\CCc2ccccc21. The molecule has 0 radical (unpaired) electrons. The zero-order chi connectivity index (χ0) is 13.9. The lowest BCUT2D eigenvalue weighted by molar-refractivity contribution is 0.0698. The molecular formula is C16H14N2O2. The van der Waals surface area contributed by atoms with Crippen LogP contribution in [0.25, 0.3) is 0 Å². The van der Waals surface area contributed by atoms with Crippen LogP contribution in [-0.4, -0.2) is 16.8 Å². The van der Waals surface area contributed by atoms with Crippen molar-refractivity contribution in [2.24, 2.45) is 5.10 Å². The van der Waals surface area contributed by atoms with Gasteiger partial charge in [0.25, 0.3) is 0 Å². The molecule has 0 unspecified atom stereocenters. The third-order valence-corrected chi connectivity index (χ3v) is 3.43. The summed E-state index contributed by atoms with van der Waals surface area (Å²) in [4.78, 5) is 11.1. The summed E-state index contributed by atoms with van der Waals surface area (Å²) in [5.41, 5.74) is 7.03. The lowest BCUT2D eigenvalue weighted by atomic mass is 10.1. The standard InChI is InChI=1S/C16H14N2O2/c19-16(20)13-7-3-4-8-14(13)17-18-15-10-9-11-5-1-2-6-12(11)15/h1-8,17H,9-10H2,(H,19,20)/b18-15+. The van der Waals surface area contributed by atoms with Gasteiger partial charge in [-0.2, -0.15) is 5.10 Å². The van der Waals surface area contributed by atoms with E-state index in [0.717, 1.165) is 24.1 Å². The van der Waals surface area contributed by atoms with Crippen molar-refractivity contribution >= 4 is 17.4 Å². The number of rotatable bonds is 3. The van der Waals surface area contributed by atoms with Crippen LogP contribution in [0.1, 0.15) is 27.9 Å². The predicted octanol–water partition coefficient (Wildman–Crippen LogP) is 3.15. The minimum absolute atomic E-state index is 0.225. The van der Waals surface area contributed by atoms with E-state index in [4.69, 9.17) is 5.11 Å². The molecule has 0 aliphatic heterocycles. The number of nitrogens with zero attached hydrogens (tertiary/aromatic N) is 1. The Morgan fingerprint density at radius 1 is 1.05 bits per heavy atom. The highest BCUT2D eigenvalue weighted by molar-refractivity contribution is 6.05. The molecule has 4 heteroatoms. The van der Waals surface area contributed by atoms with Crippen LogP contribution in [-0.2, 0) is 6.42 Å². The second-order valence-electron chi connectivity index (χ2n) is 4.68. The van der Waals surface area contributed by atoms with Crippen LogP contribution in [0.15, 0.2) is 53.6 Å². The Hall–Kier alpha value is -2.62. The van der Waals surface area contributed by atoms with E-state index >= 15 is 0 Å². The average Bonchev–Trinajstić information content (AvgIpc) is 2.88. The molecule has 0 heterocycles. The molecule has 2 N–H and O–H groups in total. The van der Waals surface area contributed by atoms with Gasteiger partial charge in [0.1, 0.15) is 0 Å². The molecule has 0 fully saturated rings. The number of hydrazone groups is 1. The molecule has 0 atom stereocenters. The molecule has 2 aromatic carbocycles. The predicted molar refractivity (Wildman–Crippen MR) is 78.3 cm³/mol. The molecule has 1 aliphatic carbocycles. The molecule has 20 heavy (non-hydrogen) atoms. The number of carboxylic acid groups (broad SMARTS) is 1. The number of para-hydroxylation sites is 1. The third kappa shape index (κ3) is 2.28. The summed E-state index contributed by atoms with van der Waals surface area (Å²) in [6, 6.07) is 14.9. The Labute approximate surface area is 116 Å². The molecule has 0 saturated heterocycles. The number of fused-ring (bicyclic) bond motifs is 1. The number of nitrogens with one attached hydrogen (secondary N) is 1. The van der Waals surface area contributed by atoms with Gasteiger partial charge in [-0.1, -0.05) is 36.4 Å². The van der Waals surface area contributed by atoms with Crippen molar-refractivity contribution in [1.82, 2.24) is 0 Å². The Bertz CT molecular complexity index is 692. The van der Waals surface area contributed by atoms with E-state index in [1.807, 2.05) is 18.2 Å². The van der Waals surface area contributed by atoms with Crippen molar-refractivity contribution < 1.29 is 9.90 Å². The summed E-state index contributed by atoms with van der Waals surface area (Å²) in [6.07, 6.45) is 1.86. The fraction of sp³-hybridized carbons (Fsp3) is 0.125. The van der Waals surface area contributed by atoms with E-state index < -0.39 is 5.97 Å². The van der Waals surface area contributed by atoms with E-state index in [2.05, 4.69) is 16.6 Å². The van der Waals surface area contributed by atoms with Crippen molar-refractivity contribution in [3.05, 3.63) is 65.2 Å². The van der Waals surface area contributed by atoms with Gasteiger partial charge in [0.2, 0.25) is 0 Å². The summed E-state index contributed by atoms with van der Waals surface area (Å²) >= 11 is 0. The first-order chi connectivity index (χ1) is 9.75. The van der Waals surface area contributed by atoms with Crippen LogP contribution in [0.3, 0.4) is 0 Å². The number of benzene rings is 2. The molecule has 0 spiro atoms. The molecule has 3 rings (SSSR count).